The van der Waals surface area contributed by atoms with E-state index in [1.165, 1.54) is 44.4 Å². The van der Waals surface area contributed by atoms with E-state index in [1.807, 2.05) is 0 Å². The van der Waals surface area contributed by atoms with Crippen molar-refractivity contribution in [3.8, 4) is 0 Å². The summed E-state index contributed by atoms with van der Waals surface area (Å²) < 4.78 is 38.5. The number of halogens is 1. The fourth-order valence-electron chi connectivity index (χ4n) is 1.96. The molecule has 122 valence electrons. The summed E-state index contributed by atoms with van der Waals surface area (Å²) in [4.78, 5) is 12.2. The van der Waals surface area contributed by atoms with Crippen LogP contribution in [0.4, 0.5) is 10.1 Å². The summed E-state index contributed by atoms with van der Waals surface area (Å²) in [6.45, 7) is 1.68. The van der Waals surface area contributed by atoms with Crippen LogP contribution >= 0.6 is 0 Å². The number of sulfonamides is 1. The van der Waals surface area contributed by atoms with Crippen LogP contribution in [0.1, 0.15) is 15.9 Å². The van der Waals surface area contributed by atoms with Crippen LogP contribution in [-0.2, 0) is 10.0 Å². The minimum absolute atomic E-state index is 0.124. The highest BCUT2D eigenvalue weighted by Crippen LogP contribution is 2.22. The number of hydrogen-bond acceptors (Lipinski definition) is 3. The number of carbonyl (C=O) groups is 1. The van der Waals surface area contributed by atoms with Gasteiger partial charge in [0.25, 0.3) is 5.91 Å². The number of hydrogen-bond donors (Lipinski definition) is 1. The third-order valence-corrected chi connectivity index (χ3v) is 5.27. The average Bonchev–Trinajstić information content (AvgIpc) is 2.49. The van der Waals surface area contributed by atoms with Gasteiger partial charge < -0.3 is 5.32 Å². The largest absolute Gasteiger partial charge is 0.322 e. The number of benzene rings is 2. The Morgan fingerprint density at radius 3 is 2.26 bits per heavy atom. The topological polar surface area (TPSA) is 66.5 Å². The van der Waals surface area contributed by atoms with Gasteiger partial charge in [-0.2, -0.15) is 0 Å². The van der Waals surface area contributed by atoms with Crippen molar-refractivity contribution in [3.05, 3.63) is 59.4 Å². The van der Waals surface area contributed by atoms with Crippen LogP contribution in [0.5, 0.6) is 0 Å². The average molecular weight is 336 g/mol. The molecular formula is C16H17FN2O3S. The number of carbonyl (C=O) groups excluding carboxylic acids is 1. The minimum Gasteiger partial charge on any atom is -0.322 e. The molecule has 0 atom stereocenters. The Morgan fingerprint density at radius 2 is 1.70 bits per heavy atom. The monoisotopic (exact) mass is 336 g/mol. The summed E-state index contributed by atoms with van der Waals surface area (Å²) in [5.41, 5.74) is 1.22. The van der Waals surface area contributed by atoms with Crippen molar-refractivity contribution in [2.45, 2.75) is 11.8 Å². The van der Waals surface area contributed by atoms with E-state index in [4.69, 9.17) is 0 Å². The Kier molecular flexibility index (Phi) is 4.82. The van der Waals surface area contributed by atoms with Crippen molar-refractivity contribution >= 4 is 21.6 Å². The van der Waals surface area contributed by atoms with Gasteiger partial charge in [-0.15, -0.1) is 0 Å². The van der Waals surface area contributed by atoms with E-state index in [2.05, 4.69) is 5.32 Å². The maximum absolute atomic E-state index is 12.9. The molecule has 0 aromatic heterocycles. The van der Waals surface area contributed by atoms with Gasteiger partial charge in [-0.1, -0.05) is 6.07 Å². The van der Waals surface area contributed by atoms with Crippen LogP contribution in [-0.4, -0.2) is 32.7 Å². The molecule has 0 heterocycles. The second-order valence-electron chi connectivity index (χ2n) is 5.23. The van der Waals surface area contributed by atoms with E-state index in [9.17, 15) is 17.6 Å². The zero-order chi connectivity index (χ0) is 17.2. The molecule has 0 saturated carbocycles. The lowest BCUT2D eigenvalue weighted by Gasteiger charge is -2.15. The van der Waals surface area contributed by atoms with Crippen molar-refractivity contribution in [2.75, 3.05) is 19.4 Å². The SMILES string of the molecule is Cc1ccc(NC(=O)c2ccc(F)cc2)cc1S(=O)(=O)N(C)C. The second-order valence-corrected chi connectivity index (χ2v) is 7.35. The molecule has 5 nitrogen and oxygen atoms in total. The third-order valence-electron chi connectivity index (χ3n) is 3.31. The van der Waals surface area contributed by atoms with Gasteiger partial charge in [0.2, 0.25) is 10.0 Å². The Morgan fingerprint density at radius 1 is 1.09 bits per heavy atom. The number of nitrogens with zero attached hydrogens (tertiary/aromatic N) is 1. The van der Waals surface area contributed by atoms with Crippen molar-refractivity contribution in [1.29, 1.82) is 0 Å². The van der Waals surface area contributed by atoms with Crippen molar-refractivity contribution in [2.24, 2.45) is 0 Å². The molecule has 2 aromatic carbocycles. The Hall–Kier alpha value is -2.25. The molecule has 0 aliphatic rings. The molecule has 23 heavy (non-hydrogen) atoms. The van der Waals surface area contributed by atoms with Crippen LogP contribution in [0.25, 0.3) is 0 Å². The normalized spacial score (nSPS) is 11.5. The summed E-state index contributed by atoms with van der Waals surface area (Å²) in [6.07, 6.45) is 0. The third kappa shape index (κ3) is 3.75. The summed E-state index contributed by atoms with van der Waals surface area (Å²) >= 11 is 0. The molecule has 0 spiro atoms. The van der Waals surface area contributed by atoms with Gasteiger partial charge in [0.15, 0.2) is 0 Å². The Balaban J connectivity index is 2.31. The van der Waals surface area contributed by atoms with E-state index in [0.717, 1.165) is 4.31 Å². The molecule has 0 saturated heterocycles. The van der Waals surface area contributed by atoms with Crippen LogP contribution in [0.15, 0.2) is 47.4 Å². The highest BCUT2D eigenvalue weighted by molar-refractivity contribution is 7.89. The second kappa shape index (κ2) is 6.47. The first-order chi connectivity index (χ1) is 10.7. The molecule has 2 rings (SSSR count). The van der Waals surface area contributed by atoms with Crippen molar-refractivity contribution in [1.82, 2.24) is 4.31 Å². The lowest BCUT2D eigenvalue weighted by molar-refractivity contribution is 0.102. The predicted octanol–water partition coefficient (Wildman–Crippen LogP) is 2.64. The first-order valence-electron chi connectivity index (χ1n) is 6.82. The fourth-order valence-corrected chi connectivity index (χ4v) is 3.10. The maximum atomic E-state index is 12.9. The zero-order valence-corrected chi connectivity index (χ0v) is 13.8. The predicted molar refractivity (Wildman–Crippen MR) is 86.4 cm³/mol. The number of rotatable bonds is 4. The lowest BCUT2D eigenvalue weighted by Crippen LogP contribution is -2.23. The van der Waals surface area contributed by atoms with Crippen molar-refractivity contribution < 1.29 is 17.6 Å². The van der Waals surface area contributed by atoms with Crippen LogP contribution in [0, 0.1) is 12.7 Å². The zero-order valence-electron chi connectivity index (χ0n) is 13.0. The molecular weight excluding hydrogens is 319 g/mol. The van der Waals surface area contributed by atoms with Crippen LogP contribution in [0.3, 0.4) is 0 Å². The Labute approximate surface area is 134 Å². The number of nitrogens with one attached hydrogen (secondary N) is 1. The molecule has 1 N–H and O–H groups in total. The molecule has 0 aliphatic carbocycles. The molecule has 0 bridgehead atoms. The molecule has 2 aromatic rings. The first-order valence-corrected chi connectivity index (χ1v) is 8.26. The molecule has 1 amide bonds. The van der Waals surface area contributed by atoms with Gasteiger partial charge in [0, 0.05) is 25.3 Å². The van der Waals surface area contributed by atoms with Gasteiger partial charge in [-0.05, 0) is 48.9 Å². The summed E-state index contributed by atoms with van der Waals surface area (Å²) in [7, 11) is -0.718. The maximum Gasteiger partial charge on any atom is 0.255 e. The Bertz CT molecular complexity index is 831. The molecule has 7 heteroatoms. The highest BCUT2D eigenvalue weighted by Gasteiger charge is 2.20. The van der Waals surface area contributed by atoms with Crippen LogP contribution < -0.4 is 5.32 Å². The quantitative estimate of drug-likeness (QED) is 0.933. The minimum atomic E-state index is -3.60. The molecule has 0 radical (unpaired) electrons. The smallest absolute Gasteiger partial charge is 0.255 e. The lowest BCUT2D eigenvalue weighted by atomic mass is 10.2. The van der Waals surface area contributed by atoms with Gasteiger partial charge in [-0.3, -0.25) is 4.79 Å². The molecule has 0 aliphatic heterocycles. The van der Waals surface area contributed by atoms with Crippen LogP contribution in [0.2, 0.25) is 0 Å². The van der Waals surface area contributed by atoms with Gasteiger partial charge >= 0.3 is 0 Å². The summed E-state index contributed by atoms with van der Waals surface area (Å²) in [6, 6.07) is 9.73. The highest BCUT2D eigenvalue weighted by atomic mass is 32.2. The number of amides is 1. The van der Waals surface area contributed by atoms with E-state index in [1.54, 1.807) is 19.1 Å². The molecule has 0 fully saturated rings. The van der Waals surface area contributed by atoms with Gasteiger partial charge in [0.1, 0.15) is 5.82 Å². The molecule has 0 unspecified atom stereocenters. The summed E-state index contributed by atoms with van der Waals surface area (Å²) in [5, 5.41) is 2.61. The number of aryl methyl sites for hydroxylation is 1. The number of anilines is 1. The first kappa shape index (κ1) is 17.1. The fraction of sp³-hybridized carbons (Fsp3) is 0.188. The summed E-state index contributed by atoms with van der Waals surface area (Å²) in [5.74, 6) is -0.877. The van der Waals surface area contributed by atoms with E-state index in [-0.39, 0.29) is 10.5 Å². The van der Waals surface area contributed by atoms with E-state index >= 15 is 0 Å². The van der Waals surface area contributed by atoms with Gasteiger partial charge in [-0.25, -0.2) is 17.1 Å². The van der Waals surface area contributed by atoms with E-state index in [0.29, 0.717) is 11.3 Å². The van der Waals surface area contributed by atoms with E-state index < -0.39 is 21.7 Å². The van der Waals surface area contributed by atoms with Crippen molar-refractivity contribution in [3.63, 3.8) is 0 Å². The van der Waals surface area contributed by atoms with Gasteiger partial charge in [0.05, 0.1) is 4.90 Å². The standard InChI is InChI=1S/C16H17FN2O3S/c1-11-4-9-14(10-15(11)23(21,22)19(2)3)18-16(20)12-5-7-13(17)8-6-12/h4-10H,1-3H3,(H,18,20).